The van der Waals surface area contributed by atoms with Gasteiger partial charge in [-0.25, -0.2) is 0 Å². The summed E-state index contributed by atoms with van der Waals surface area (Å²) in [5, 5.41) is 13.1. The maximum Gasteiger partial charge on any atom is 0.311 e. The SMILES string of the molecule is CCC(C(=O)O)c1ccccc1N1CCOC(CC(=O)NC2C3CC4CC(C3)CC2C4)C1. The van der Waals surface area contributed by atoms with Crippen LogP contribution in [0.15, 0.2) is 24.3 Å². The highest BCUT2D eigenvalue weighted by molar-refractivity contribution is 5.79. The molecule has 0 spiro atoms. The second kappa shape index (κ2) is 9.05. The topological polar surface area (TPSA) is 78.9 Å². The predicted molar refractivity (Wildman–Crippen MR) is 123 cm³/mol. The summed E-state index contributed by atoms with van der Waals surface area (Å²) in [5.41, 5.74) is 1.80. The molecule has 2 unspecified atom stereocenters. The fraction of sp³-hybridized carbons (Fsp3) is 0.692. The molecule has 6 heteroatoms. The smallest absolute Gasteiger partial charge is 0.311 e. The number of amides is 1. The third-order valence-electron chi connectivity index (χ3n) is 8.47. The minimum atomic E-state index is -0.792. The van der Waals surface area contributed by atoms with Gasteiger partial charge in [0.2, 0.25) is 5.91 Å². The Morgan fingerprint density at radius 3 is 2.47 bits per heavy atom. The lowest BCUT2D eigenvalue weighted by molar-refractivity contribution is -0.138. The number of hydrogen-bond donors (Lipinski definition) is 2. The van der Waals surface area contributed by atoms with E-state index in [1.165, 1.54) is 32.1 Å². The van der Waals surface area contributed by atoms with Crippen molar-refractivity contribution in [2.45, 2.75) is 69.9 Å². The van der Waals surface area contributed by atoms with E-state index in [4.69, 9.17) is 4.74 Å². The quantitative estimate of drug-likeness (QED) is 0.674. The van der Waals surface area contributed by atoms with Gasteiger partial charge in [0.05, 0.1) is 25.0 Å². The summed E-state index contributed by atoms with van der Waals surface area (Å²) in [6, 6.07) is 8.13. The molecule has 1 saturated heterocycles. The van der Waals surface area contributed by atoms with Crippen LogP contribution in [-0.4, -0.2) is 48.8 Å². The molecule has 2 atom stereocenters. The Morgan fingerprint density at radius 2 is 1.81 bits per heavy atom. The summed E-state index contributed by atoms with van der Waals surface area (Å²) in [6.45, 7) is 3.78. The normalized spacial score (nSPS) is 34.3. The molecule has 4 bridgehead atoms. The summed E-state index contributed by atoms with van der Waals surface area (Å²) in [6.07, 6.45) is 7.36. The van der Waals surface area contributed by atoms with Crippen molar-refractivity contribution in [1.82, 2.24) is 5.32 Å². The van der Waals surface area contributed by atoms with Crippen LogP contribution in [0.5, 0.6) is 0 Å². The van der Waals surface area contributed by atoms with Gasteiger partial charge in [-0.15, -0.1) is 0 Å². The molecule has 1 aliphatic heterocycles. The lowest BCUT2D eigenvalue weighted by atomic mass is 9.54. The average Bonchev–Trinajstić information content (AvgIpc) is 2.76. The number of anilines is 1. The second-order valence-electron chi connectivity index (χ2n) is 10.5. The van der Waals surface area contributed by atoms with Gasteiger partial charge in [0.25, 0.3) is 0 Å². The first-order valence-electron chi connectivity index (χ1n) is 12.5. The van der Waals surface area contributed by atoms with Crippen molar-refractivity contribution in [2.24, 2.45) is 23.7 Å². The Bertz CT molecular complexity index is 828. The number of carbonyl (C=O) groups excluding carboxylic acids is 1. The zero-order chi connectivity index (χ0) is 22.2. The van der Waals surface area contributed by atoms with Crippen molar-refractivity contribution in [3.05, 3.63) is 29.8 Å². The van der Waals surface area contributed by atoms with Gasteiger partial charge in [-0.3, -0.25) is 9.59 Å². The highest BCUT2D eigenvalue weighted by Gasteiger charge is 2.48. The molecular weight excluding hydrogens is 404 g/mol. The number of morpholine rings is 1. The van der Waals surface area contributed by atoms with Crippen LogP contribution in [0.25, 0.3) is 0 Å². The van der Waals surface area contributed by atoms with E-state index in [0.29, 0.717) is 50.4 Å². The number of rotatable bonds is 7. The van der Waals surface area contributed by atoms with E-state index in [1.807, 2.05) is 31.2 Å². The van der Waals surface area contributed by atoms with Gasteiger partial charge in [-0.05, 0) is 73.8 Å². The zero-order valence-electron chi connectivity index (χ0n) is 19.0. The maximum absolute atomic E-state index is 13.0. The summed E-state index contributed by atoms with van der Waals surface area (Å²) in [7, 11) is 0. The van der Waals surface area contributed by atoms with Crippen LogP contribution in [0, 0.1) is 23.7 Å². The summed E-state index contributed by atoms with van der Waals surface area (Å²) in [5.74, 6) is 1.95. The van der Waals surface area contributed by atoms with Crippen LogP contribution in [-0.2, 0) is 14.3 Å². The number of carboxylic acid groups (broad SMARTS) is 1. The monoisotopic (exact) mass is 440 g/mol. The molecule has 6 nitrogen and oxygen atoms in total. The largest absolute Gasteiger partial charge is 0.481 e. The van der Waals surface area contributed by atoms with Crippen molar-refractivity contribution < 1.29 is 19.4 Å². The third-order valence-corrected chi connectivity index (χ3v) is 8.47. The number of para-hydroxylation sites is 1. The van der Waals surface area contributed by atoms with E-state index in [2.05, 4.69) is 10.2 Å². The fourth-order valence-electron chi connectivity index (χ4n) is 7.27. The van der Waals surface area contributed by atoms with Crippen LogP contribution in [0.3, 0.4) is 0 Å². The van der Waals surface area contributed by atoms with Crippen molar-refractivity contribution >= 4 is 17.6 Å². The third kappa shape index (κ3) is 4.26. The Kier molecular flexibility index (Phi) is 6.15. The molecule has 174 valence electrons. The average molecular weight is 441 g/mol. The Morgan fingerprint density at radius 1 is 1.12 bits per heavy atom. The summed E-state index contributed by atoms with van der Waals surface area (Å²) < 4.78 is 5.96. The van der Waals surface area contributed by atoms with Gasteiger partial charge in [0, 0.05) is 24.8 Å². The second-order valence-corrected chi connectivity index (χ2v) is 10.5. The van der Waals surface area contributed by atoms with Crippen LogP contribution >= 0.6 is 0 Å². The highest BCUT2D eigenvalue weighted by Crippen LogP contribution is 2.53. The van der Waals surface area contributed by atoms with Crippen molar-refractivity contribution in [2.75, 3.05) is 24.6 Å². The minimum absolute atomic E-state index is 0.111. The molecule has 5 aliphatic rings. The fourth-order valence-corrected chi connectivity index (χ4v) is 7.27. The minimum Gasteiger partial charge on any atom is -0.481 e. The van der Waals surface area contributed by atoms with Crippen molar-refractivity contribution in [3.63, 3.8) is 0 Å². The lowest BCUT2D eigenvalue weighted by Gasteiger charge is -2.54. The highest BCUT2D eigenvalue weighted by atomic mass is 16.5. The van der Waals surface area contributed by atoms with Gasteiger partial charge in [-0.2, -0.15) is 0 Å². The lowest BCUT2D eigenvalue weighted by Crippen LogP contribution is -2.56. The van der Waals surface area contributed by atoms with E-state index in [0.717, 1.165) is 23.1 Å². The molecule has 0 aromatic heterocycles. The van der Waals surface area contributed by atoms with E-state index >= 15 is 0 Å². The van der Waals surface area contributed by atoms with E-state index in [9.17, 15) is 14.7 Å². The number of carboxylic acids is 1. The van der Waals surface area contributed by atoms with E-state index < -0.39 is 11.9 Å². The van der Waals surface area contributed by atoms with Gasteiger partial charge in [-0.1, -0.05) is 25.1 Å². The van der Waals surface area contributed by atoms with Crippen LogP contribution < -0.4 is 10.2 Å². The molecular formula is C26H36N2O4. The number of ether oxygens (including phenoxy) is 1. The molecule has 1 heterocycles. The molecule has 2 N–H and O–H groups in total. The predicted octanol–water partition coefficient (Wildman–Crippen LogP) is 3.80. The molecule has 1 amide bonds. The van der Waals surface area contributed by atoms with Crippen LogP contribution in [0.1, 0.15) is 63.4 Å². The Labute approximate surface area is 190 Å². The number of hydrogen-bond acceptors (Lipinski definition) is 4. The first-order chi connectivity index (χ1) is 15.5. The molecule has 6 rings (SSSR count). The van der Waals surface area contributed by atoms with Gasteiger partial charge in [0.15, 0.2) is 0 Å². The van der Waals surface area contributed by atoms with Crippen molar-refractivity contribution in [1.29, 1.82) is 0 Å². The standard InChI is InChI=1S/C26H36N2O4/c1-2-21(26(30)31)22-5-3-4-6-23(22)28-7-8-32-20(15-28)14-24(29)27-25-18-10-16-9-17(12-18)13-19(25)11-16/h3-6,16-21,25H,2,7-15H2,1H3,(H,27,29)(H,30,31). The molecule has 4 saturated carbocycles. The maximum atomic E-state index is 13.0. The van der Waals surface area contributed by atoms with Crippen LogP contribution in [0.2, 0.25) is 0 Å². The molecule has 4 aliphatic carbocycles. The number of carbonyl (C=O) groups is 2. The van der Waals surface area contributed by atoms with Gasteiger partial charge in [0.1, 0.15) is 0 Å². The molecule has 5 fully saturated rings. The van der Waals surface area contributed by atoms with Gasteiger partial charge < -0.3 is 20.1 Å². The first-order valence-corrected chi connectivity index (χ1v) is 12.5. The molecule has 32 heavy (non-hydrogen) atoms. The number of benzene rings is 1. The summed E-state index contributed by atoms with van der Waals surface area (Å²) >= 11 is 0. The van der Waals surface area contributed by atoms with Crippen molar-refractivity contribution in [3.8, 4) is 0 Å². The summed E-state index contributed by atoms with van der Waals surface area (Å²) in [4.78, 5) is 26.9. The first kappa shape index (κ1) is 21.7. The number of aliphatic carboxylic acids is 1. The molecule has 0 radical (unpaired) electrons. The van der Waals surface area contributed by atoms with E-state index in [1.54, 1.807) is 0 Å². The van der Waals surface area contributed by atoms with Crippen LogP contribution in [0.4, 0.5) is 5.69 Å². The Hall–Kier alpha value is -2.08. The van der Waals surface area contributed by atoms with Gasteiger partial charge >= 0.3 is 5.97 Å². The zero-order valence-corrected chi connectivity index (χ0v) is 19.0. The number of nitrogens with one attached hydrogen (secondary N) is 1. The van der Waals surface area contributed by atoms with E-state index in [-0.39, 0.29) is 12.0 Å². The number of nitrogens with zero attached hydrogens (tertiary/aromatic N) is 1. The molecule has 1 aromatic rings. The molecule has 1 aromatic carbocycles. The Balaban J connectivity index is 1.22.